The van der Waals surface area contributed by atoms with Crippen molar-refractivity contribution in [3.05, 3.63) is 29.8 Å². The number of ether oxygens (including phenoxy) is 1. The van der Waals surface area contributed by atoms with E-state index in [1.165, 1.54) is 0 Å². The van der Waals surface area contributed by atoms with Gasteiger partial charge < -0.3 is 20.5 Å². The van der Waals surface area contributed by atoms with Crippen molar-refractivity contribution < 1.29 is 33.0 Å². The number of aliphatic carboxylic acids is 1. The normalized spacial score (nSPS) is 10.0. The Kier molecular flexibility index (Phi) is 5.58. The lowest BCUT2D eigenvalue weighted by Gasteiger charge is -2.19. The van der Waals surface area contributed by atoms with Crippen LogP contribution in [0.25, 0.3) is 0 Å². The van der Waals surface area contributed by atoms with Gasteiger partial charge in [-0.15, -0.1) is 0 Å². The molecule has 9 heteroatoms. The molecule has 0 atom stereocenters. The Morgan fingerprint density at radius 2 is 1.90 bits per heavy atom. The van der Waals surface area contributed by atoms with E-state index < -0.39 is 49.1 Å². The van der Waals surface area contributed by atoms with Crippen molar-refractivity contribution in [1.82, 2.24) is 4.90 Å². The van der Waals surface area contributed by atoms with Crippen molar-refractivity contribution in [2.75, 3.05) is 19.7 Å². The predicted octanol–water partition coefficient (Wildman–Crippen LogP) is -0.258. The first-order valence-corrected chi connectivity index (χ1v) is 5.65. The summed E-state index contributed by atoms with van der Waals surface area (Å²) in [6, 6.07) is 2.48. The lowest BCUT2D eigenvalue weighted by molar-refractivity contribution is -0.146. The first-order valence-electron chi connectivity index (χ1n) is 5.65. The number of primary amides is 1. The fourth-order valence-electron chi connectivity index (χ4n) is 1.41. The average molecular weight is 302 g/mol. The first-order chi connectivity index (χ1) is 9.79. The lowest BCUT2D eigenvalue weighted by atomic mass is 10.3. The zero-order chi connectivity index (χ0) is 16.0. The molecular weight excluding hydrogens is 290 g/mol. The number of nitrogens with two attached hydrogens (primary N) is 1. The van der Waals surface area contributed by atoms with Crippen LogP contribution in [-0.4, -0.2) is 47.5 Å². The number of carbonyl (C=O) groups excluding carboxylic acids is 2. The molecule has 0 fully saturated rings. The highest BCUT2D eigenvalue weighted by Gasteiger charge is 2.19. The largest absolute Gasteiger partial charge is 0.481 e. The van der Waals surface area contributed by atoms with Crippen LogP contribution in [0, 0.1) is 11.6 Å². The summed E-state index contributed by atoms with van der Waals surface area (Å²) in [6.45, 7) is -2.08. The number of amides is 2. The number of nitrogens with zero attached hydrogens (tertiary/aromatic N) is 1. The molecule has 0 unspecified atom stereocenters. The molecule has 0 spiro atoms. The zero-order valence-electron chi connectivity index (χ0n) is 10.7. The summed E-state index contributed by atoms with van der Waals surface area (Å²) in [4.78, 5) is 33.7. The van der Waals surface area contributed by atoms with Gasteiger partial charge in [-0.05, 0) is 12.1 Å². The number of carboxylic acids is 1. The highest BCUT2D eigenvalue weighted by molar-refractivity contribution is 5.87. The molecular formula is C12H12F2N2O5. The molecule has 0 saturated carbocycles. The molecule has 1 aromatic carbocycles. The number of rotatable bonds is 7. The SMILES string of the molecule is NC(=O)CN(CC(=O)O)C(=O)COc1ccc(F)cc1F. The number of hydrogen-bond acceptors (Lipinski definition) is 4. The van der Waals surface area contributed by atoms with E-state index in [1.807, 2.05) is 0 Å². The Bertz CT molecular complexity index is 549. The van der Waals surface area contributed by atoms with Crippen LogP contribution in [0.5, 0.6) is 5.75 Å². The van der Waals surface area contributed by atoms with Gasteiger partial charge in [0.2, 0.25) is 5.91 Å². The van der Waals surface area contributed by atoms with E-state index in [0.717, 1.165) is 12.1 Å². The van der Waals surface area contributed by atoms with E-state index >= 15 is 0 Å². The summed E-state index contributed by atoms with van der Waals surface area (Å²) >= 11 is 0. The maximum atomic E-state index is 13.3. The standard InChI is InChI=1S/C12H12F2N2O5/c13-7-1-2-9(8(14)3-7)21-6-11(18)16(4-10(15)17)5-12(19)20/h1-3H,4-6H2,(H2,15,17)(H,19,20). The number of carboxylic acid groups (broad SMARTS) is 1. The molecule has 0 bridgehead atoms. The van der Waals surface area contributed by atoms with E-state index in [9.17, 15) is 23.2 Å². The maximum absolute atomic E-state index is 13.3. The van der Waals surface area contributed by atoms with Crippen molar-refractivity contribution in [1.29, 1.82) is 0 Å². The van der Waals surface area contributed by atoms with E-state index in [1.54, 1.807) is 0 Å². The summed E-state index contributed by atoms with van der Waals surface area (Å²) in [7, 11) is 0. The Hall–Kier alpha value is -2.71. The third-order valence-electron chi connectivity index (χ3n) is 2.27. The molecule has 0 heterocycles. The minimum Gasteiger partial charge on any atom is -0.481 e. The van der Waals surface area contributed by atoms with Crippen LogP contribution in [0.2, 0.25) is 0 Å². The van der Waals surface area contributed by atoms with Crippen LogP contribution in [0.15, 0.2) is 18.2 Å². The Balaban J connectivity index is 2.68. The van der Waals surface area contributed by atoms with Crippen molar-refractivity contribution in [3.8, 4) is 5.75 Å². The Morgan fingerprint density at radius 1 is 1.24 bits per heavy atom. The van der Waals surface area contributed by atoms with Crippen LogP contribution in [-0.2, 0) is 14.4 Å². The van der Waals surface area contributed by atoms with Crippen molar-refractivity contribution >= 4 is 17.8 Å². The van der Waals surface area contributed by atoms with Gasteiger partial charge in [0.1, 0.15) is 18.9 Å². The molecule has 3 N–H and O–H groups in total. The van der Waals surface area contributed by atoms with Gasteiger partial charge in [-0.3, -0.25) is 14.4 Å². The molecule has 1 aromatic rings. The van der Waals surface area contributed by atoms with E-state index in [0.29, 0.717) is 11.0 Å². The molecule has 114 valence electrons. The molecule has 2 amide bonds. The zero-order valence-corrected chi connectivity index (χ0v) is 10.7. The van der Waals surface area contributed by atoms with Crippen molar-refractivity contribution in [3.63, 3.8) is 0 Å². The quantitative estimate of drug-likeness (QED) is 0.721. The molecule has 0 aromatic heterocycles. The number of hydrogen-bond donors (Lipinski definition) is 2. The summed E-state index contributed by atoms with van der Waals surface area (Å²) in [5.41, 5.74) is 4.89. The van der Waals surface area contributed by atoms with Gasteiger partial charge in [0.05, 0.1) is 0 Å². The Morgan fingerprint density at radius 3 is 2.43 bits per heavy atom. The van der Waals surface area contributed by atoms with Gasteiger partial charge in [-0.2, -0.15) is 0 Å². The van der Waals surface area contributed by atoms with E-state index in [4.69, 9.17) is 15.6 Å². The highest BCUT2D eigenvalue weighted by Crippen LogP contribution is 2.17. The van der Waals surface area contributed by atoms with Crippen molar-refractivity contribution in [2.24, 2.45) is 5.73 Å². The molecule has 1 rings (SSSR count). The van der Waals surface area contributed by atoms with Gasteiger partial charge in [0, 0.05) is 6.07 Å². The molecule has 0 aliphatic carbocycles. The summed E-state index contributed by atoms with van der Waals surface area (Å²) in [6.07, 6.45) is 0. The molecule has 0 aliphatic rings. The number of halogens is 2. The van der Waals surface area contributed by atoms with Crippen LogP contribution in [0.3, 0.4) is 0 Å². The predicted molar refractivity (Wildman–Crippen MR) is 65.3 cm³/mol. The van der Waals surface area contributed by atoms with Gasteiger partial charge in [-0.25, -0.2) is 8.78 Å². The second-order valence-electron chi connectivity index (χ2n) is 3.97. The van der Waals surface area contributed by atoms with E-state index in [-0.39, 0.29) is 5.75 Å². The average Bonchev–Trinajstić information content (AvgIpc) is 2.35. The van der Waals surface area contributed by atoms with Gasteiger partial charge in [-0.1, -0.05) is 0 Å². The second-order valence-corrected chi connectivity index (χ2v) is 3.97. The van der Waals surface area contributed by atoms with Gasteiger partial charge in [0.25, 0.3) is 5.91 Å². The summed E-state index contributed by atoms with van der Waals surface area (Å²) < 4.78 is 30.8. The first kappa shape index (κ1) is 16.3. The Labute approximate surface area is 117 Å². The highest BCUT2D eigenvalue weighted by atomic mass is 19.1. The number of benzene rings is 1. The van der Waals surface area contributed by atoms with Gasteiger partial charge in [0.15, 0.2) is 18.2 Å². The fourth-order valence-corrected chi connectivity index (χ4v) is 1.41. The van der Waals surface area contributed by atoms with Crippen LogP contribution in [0.4, 0.5) is 8.78 Å². The maximum Gasteiger partial charge on any atom is 0.323 e. The minimum absolute atomic E-state index is 0.376. The van der Waals surface area contributed by atoms with Crippen LogP contribution < -0.4 is 10.5 Å². The van der Waals surface area contributed by atoms with E-state index in [2.05, 4.69) is 0 Å². The van der Waals surface area contributed by atoms with Crippen LogP contribution >= 0.6 is 0 Å². The minimum atomic E-state index is -1.35. The smallest absolute Gasteiger partial charge is 0.323 e. The van der Waals surface area contributed by atoms with Crippen molar-refractivity contribution in [2.45, 2.75) is 0 Å². The second kappa shape index (κ2) is 7.17. The lowest BCUT2D eigenvalue weighted by Crippen LogP contribution is -2.43. The molecule has 0 radical (unpaired) electrons. The van der Waals surface area contributed by atoms with Gasteiger partial charge >= 0.3 is 5.97 Å². The summed E-state index contributed by atoms with van der Waals surface area (Å²) in [5, 5.41) is 8.62. The molecule has 21 heavy (non-hydrogen) atoms. The molecule has 0 aliphatic heterocycles. The fraction of sp³-hybridized carbons (Fsp3) is 0.250. The third-order valence-corrected chi connectivity index (χ3v) is 2.27. The molecule has 7 nitrogen and oxygen atoms in total. The molecule has 0 saturated heterocycles. The topological polar surface area (TPSA) is 110 Å². The monoisotopic (exact) mass is 302 g/mol. The van der Waals surface area contributed by atoms with Crippen LogP contribution in [0.1, 0.15) is 0 Å². The summed E-state index contributed by atoms with van der Waals surface area (Å²) in [5.74, 6) is -5.33. The number of carbonyl (C=O) groups is 3. The third kappa shape index (κ3) is 5.43.